The van der Waals surface area contributed by atoms with E-state index in [1.54, 1.807) is 0 Å². The second kappa shape index (κ2) is 6.20. The number of likely N-dealkylation sites (tertiary alicyclic amines) is 1. The van der Waals surface area contributed by atoms with E-state index < -0.39 is 5.54 Å². The molecule has 2 atom stereocenters. The van der Waals surface area contributed by atoms with Crippen molar-refractivity contribution < 1.29 is 14.1 Å². The molecule has 0 aliphatic carbocycles. The van der Waals surface area contributed by atoms with Crippen LogP contribution in [0.25, 0.3) is 0 Å². The zero-order valence-electron chi connectivity index (χ0n) is 14.8. The van der Waals surface area contributed by atoms with Crippen molar-refractivity contribution in [2.24, 2.45) is 5.92 Å². The van der Waals surface area contributed by atoms with Gasteiger partial charge in [0.05, 0.1) is 5.69 Å². The van der Waals surface area contributed by atoms with Gasteiger partial charge in [-0.25, -0.2) is 4.79 Å². The van der Waals surface area contributed by atoms with E-state index in [0.29, 0.717) is 6.54 Å². The molecule has 2 aliphatic heterocycles. The van der Waals surface area contributed by atoms with Crippen LogP contribution >= 0.6 is 0 Å². The molecule has 2 fully saturated rings. The minimum absolute atomic E-state index is 0.0967. The molecule has 7 nitrogen and oxygen atoms in total. The van der Waals surface area contributed by atoms with Crippen molar-refractivity contribution >= 4 is 11.9 Å². The Hall–Kier alpha value is -1.89. The van der Waals surface area contributed by atoms with Crippen molar-refractivity contribution in [1.82, 2.24) is 20.3 Å². The molecular formula is C17H26N4O3. The van der Waals surface area contributed by atoms with Gasteiger partial charge in [0.15, 0.2) is 0 Å². The third kappa shape index (κ3) is 2.92. The fourth-order valence-corrected chi connectivity index (χ4v) is 3.82. The van der Waals surface area contributed by atoms with E-state index in [9.17, 15) is 9.59 Å². The Kier molecular flexibility index (Phi) is 4.38. The van der Waals surface area contributed by atoms with Gasteiger partial charge in [-0.3, -0.25) is 14.6 Å². The van der Waals surface area contributed by atoms with Gasteiger partial charge >= 0.3 is 6.03 Å². The topological polar surface area (TPSA) is 78.7 Å². The first-order valence-electron chi connectivity index (χ1n) is 8.61. The predicted octanol–water partition coefficient (Wildman–Crippen LogP) is 1.91. The Morgan fingerprint density at radius 2 is 2.21 bits per heavy atom. The molecule has 1 aromatic rings. The molecule has 132 valence electrons. The van der Waals surface area contributed by atoms with Gasteiger partial charge in [-0.1, -0.05) is 5.16 Å². The van der Waals surface area contributed by atoms with Crippen molar-refractivity contribution in [2.45, 2.75) is 58.7 Å². The zero-order chi connectivity index (χ0) is 17.5. The second-order valence-electron chi connectivity index (χ2n) is 7.40. The van der Waals surface area contributed by atoms with E-state index in [0.717, 1.165) is 37.4 Å². The summed E-state index contributed by atoms with van der Waals surface area (Å²) in [5, 5.41) is 7.00. The van der Waals surface area contributed by atoms with Crippen LogP contribution in [0, 0.1) is 12.8 Å². The third-order valence-electron chi connectivity index (χ3n) is 5.15. The molecule has 24 heavy (non-hydrogen) atoms. The number of piperidine rings is 1. The Balaban J connectivity index is 1.72. The van der Waals surface area contributed by atoms with Gasteiger partial charge in [-0.15, -0.1) is 0 Å². The highest BCUT2D eigenvalue weighted by Crippen LogP contribution is 2.33. The molecular weight excluding hydrogens is 308 g/mol. The lowest BCUT2D eigenvalue weighted by molar-refractivity contribution is -0.134. The molecule has 1 aromatic heterocycles. The van der Waals surface area contributed by atoms with Gasteiger partial charge in [-0.05, 0) is 47.1 Å². The Labute approximate surface area is 142 Å². The van der Waals surface area contributed by atoms with E-state index >= 15 is 0 Å². The van der Waals surface area contributed by atoms with Crippen LogP contribution in [-0.2, 0) is 11.3 Å². The maximum absolute atomic E-state index is 12.8. The van der Waals surface area contributed by atoms with Gasteiger partial charge in [0, 0.05) is 31.1 Å². The number of aromatic nitrogens is 1. The molecule has 2 saturated heterocycles. The predicted molar refractivity (Wildman–Crippen MR) is 88.2 cm³/mol. The van der Waals surface area contributed by atoms with Gasteiger partial charge in [0.25, 0.3) is 5.91 Å². The SMILES string of the molecule is Cc1cc(CN2CCC[C@H]([C@@]3(C)NC(=O)N(C(C)C)C3=O)C2)no1. The molecule has 0 spiro atoms. The van der Waals surface area contributed by atoms with Crippen molar-refractivity contribution in [2.75, 3.05) is 13.1 Å². The van der Waals surface area contributed by atoms with E-state index in [1.807, 2.05) is 33.8 Å². The highest BCUT2D eigenvalue weighted by molar-refractivity contribution is 6.07. The summed E-state index contributed by atoms with van der Waals surface area (Å²) < 4.78 is 5.13. The number of nitrogens with one attached hydrogen (secondary N) is 1. The van der Waals surface area contributed by atoms with Crippen LogP contribution < -0.4 is 5.32 Å². The lowest BCUT2D eigenvalue weighted by atomic mass is 9.79. The molecule has 0 saturated carbocycles. The molecule has 0 unspecified atom stereocenters. The summed E-state index contributed by atoms with van der Waals surface area (Å²) in [5.41, 5.74) is 0.0867. The summed E-state index contributed by atoms with van der Waals surface area (Å²) >= 11 is 0. The van der Waals surface area contributed by atoms with E-state index in [4.69, 9.17) is 4.52 Å². The fraction of sp³-hybridized carbons (Fsp3) is 0.706. The maximum Gasteiger partial charge on any atom is 0.325 e. The third-order valence-corrected chi connectivity index (χ3v) is 5.15. The molecule has 2 aliphatic rings. The number of carbonyl (C=O) groups excluding carboxylic acids is 2. The first kappa shape index (κ1) is 17.0. The number of imide groups is 1. The number of carbonyl (C=O) groups is 2. The first-order chi connectivity index (χ1) is 11.3. The van der Waals surface area contributed by atoms with Crippen molar-refractivity contribution in [3.05, 3.63) is 17.5 Å². The van der Waals surface area contributed by atoms with E-state index in [2.05, 4.69) is 15.4 Å². The van der Waals surface area contributed by atoms with Crippen molar-refractivity contribution in [3.63, 3.8) is 0 Å². The highest BCUT2D eigenvalue weighted by Gasteiger charge is 2.53. The normalized spacial score (nSPS) is 28.7. The molecule has 3 amide bonds. The quantitative estimate of drug-likeness (QED) is 0.851. The van der Waals surface area contributed by atoms with E-state index in [1.165, 1.54) is 4.90 Å². The summed E-state index contributed by atoms with van der Waals surface area (Å²) in [4.78, 5) is 28.7. The van der Waals surface area contributed by atoms with Crippen LogP contribution in [0.1, 0.15) is 45.1 Å². The molecule has 3 heterocycles. The average Bonchev–Trinajstić information content (AvgIpc) is 3.01. The molecule has 3 rings (SSSR count). The number of nitrogens with zero attached hydrogens (tertiary/aromatic N) is 3. The molecule has 0 aromatic carbocycles. The molecule has 7 heteroatoms. The Morgan fingerprint density at radius 3 is 2.79 bits per heavy atom. The standard InChI is InChI=1S/C17H26N4O3/c1-11(2)21-15(22)17(4,18-16(21)23)13-6-5-7-20(9-13)10-14-8-12(3)24-19-14/h8,11,13H,5-7,9-10H2,1-4H3,(H,18,23)/t13-,17+/m0/s1. The summed E-state index contributed by atoms with van der Waals surface area (Å²) in [6.45, 7) is 9.91. The van der Waals surface area contributed by atoms with Crippen LogP contribution in [0.4, 0.5) is 4.79 Å². The van der Waals surface area contributed by atoms with Crippen molar-refractivity contribution in [1.29, 1.82) is 0 Å². The van der Waals surface area contributed by atoms with Gasteiger partial charge in [0.1, 0.15) is 11.3 Å². The Bertz CT molecular complexity index is 642. The number of hydrogen-bond acceptors (Lipinski definition) is 5. The van der Waals surface area contributed by atoms with Crippen LogP contribution in [-0.4, -0.2) is 51.6 Å². The minimum atomic E-state index is -0.820. The van der Waals surface area contributed by atoms with Crippen molar-refractivity contribution in [3.8, 4) is 0 Å². The summed E-state index contributed by atoms with van der Waals surface area (Å²) in [6.07, 6.45) is 1.94. The zero-order valence-corrected chi connectivity index (χ0v) is 14.8. The lowest BCUT2D eigenvalue weighted by Crippen LogP contribution is -2.56. The Morgan fingerprint density at radius 1 is 1.46 bits per heavy atom. The van der Waals surface area contributed by atoms with Gasteiger partial charge in [-0.2, -0.15) is 0 Å². The minimum Gasteiger partial charge on any atom is -0.361 e. The number of hydrogen-bond donors (Lipinski definition) is 1. The van der Waals surface area contributed by atoms with Crippen LogP contribution in [0.15, 0.2) is 10.6 Å². The number of rotatable bonds is 4. The number of amides is 3. The fourth-order valence-electron chi connectivity index (χ4n) is 3.82. The summed E-state index contributed by atoms with van der Waals surface area (Å²) in [6, 6.07) is 1.53. The van der Waals surface area contributed by atoms with Crippen LogP contribution in [0.5, 0.6) is 0 Å². The maximum atomic E-state index is 12.8. The summed E-state index contributed by atoms with van der Waals surface area (Å²) in [5.74, 6) is 0.794. The molecule has 1 N–H and O–H groups in total. The van der Waals surface area contributed by atoms with E-state index in [-0.39, 0.29) is 23.9 Å². The first-order valence-corrected chi connectivity index (χ1v) is 8.61. The lowest BCUT2D eigenvalue weighted by Gasteiger charge is -2.39. The largest absolute Gasteiger partial charge is 0.361 e. The molecule has 0 bridgehead atoms. The summed E-state index contributed by atoms with van der Waals surface area (Å²) in [7, 11) is 0. The van der Waals surface area contributed by atoms with Crippen LogP contribution in [0.2, 0.25) is 0 Å². The van der Waals surface area contributed by atoms with Gasteiger partial charge in [0.2, 0.25) is 0 Å². The number of urea groups is 1. The monoisotopic (exact) mass is 334 g/mol. The van der Waals surface area contributed by atoms with Crippen LogP contribution in [0.3, 0.4) is 0 Å². The smallest absolute Gasteiger partial charge is 0.325 e. The van der Waals surface area contributed by atoms with Gasteiger partial charge < -0.3 is 9.84 Å². The average molecular weight is 334 g/mol. The number of aryl methyl sites for hydroxylation is 1. The second-order valence-corrected chi connectivity index (χ2v) is 7.40. The highest BCUT2D eigenvalue weighted by atomic mass is 16.5. The molecule has 0 radical (unpaired) electrons.